The van der Waals surface area contributed by atoms with Crippen molar-refractivity contribution in [3.05, 3.63) is 86.2 Å². The van der Waals surface area contributed by atoms with E-state index < -0.39 is 4.92 Å². The van der Waals surface area contributed by atoms with Gasteiger partial charge in [0, 0.05) is 18.3 Å². The van der Waals surface area contributed by atoms with Gasteiger partial charge >= 0.3 is 0 Å². The molecule has 0 bridgehead atoms. The van der Waals surface area contributed by atoms with Gasteiger partial charge in [-0.05, 0) is 24.6 Å². The van der Waals surface area contributed by atoms with Crippen LogP contribution < -0.4 is 11.1 Å². The summed E-state index contributed by atoms with van der Waals surface area (Å²) >= 11 is 5.63. The van der Waals surface area contributed by atoms with Crippen LogP contribution in [0.15, 0.2) is 59.8 Å². The zero-order valence-electron chi connectivity index (χ0n) is 14.9. The predicted molar refractivity (Wildman–Crippen MR) is 107 cm³/mol. The van der Waals surface area contributed by atoms with Gasteiger partial charge < -0.3 is 0 Å². The Labute approximate surface area is 165 Å². The van der Waals surface area contributed by atoms with E-state index in [0.717, 1.165) is 16.8 Å². The van der Waals surface area contributed by atoms with Crippen molar-refractivity contribution >= 4 is 23.7 Å². The van der Waals surface area contributed by atoms with Gasteiger partial charge in [0.1, 0.15) is 4.64 Å². The van der Waals surface area contributed by atoms with Gasteiger partial charge in [0.2, 0.25) is 0 Å². The molecular weight excluding hydrogens is 378 g/mol. The van der Waals surface area contributed by atoms with Crippen LogP contribution in [0, 0.1) is 21.7 Å². The van der Waals surface area contributed by atoms with E-state index in [1.54, 1.807) is 23.3 Å². The third-order valence-electron chi connectivity index (χ3n) is 4.39. The molecule has 1 aromatic heterocycles. The lowest BCUT2D eigenvalue weighted by atomic mass is 10.2. The van der Waals surface area contributed by atoms with Crippen molar-refractivity contribution in [3.8, 4) is 5.69 Å². The number of hydrazone groups is 1. The molecule has 0 amide bonds. The first-order valence-corrected chi connectivity index (χ1v) is 8.91. The van der Waals surface area contributed by atoms with Crippen LogP contribution in [0.5, 0.6) is 0 Å². The molecule has 0 spiro atoms. The molecule has 4 rings (SSSR count). The smallest absolute Gasteiger partial charge is 0.269 e. The minimum atomic E-state index is -0.417. The van der Waals surface area contributed by atoms with Crippen LogP contribution in [0.1, 0.15) is 16.7 Å². The number of aryl methyl sites for hydroxylation is 1. The summed E-state index contributed by atoms with van der Waals surface area (Å²) in [5.74, 6) is 0.630. The lowest BCUT2D eigenvalue weighted by Crippen LogP contribution is -2.40. The number of non-ortho nitro benzene ring substituents is 1. The fourth-order valence-corrected chi connectivity index (χ4v) is 3.20. The number of nitrogens with one attached hydrogen (secondary N) is 3. The molecule has 0 fully saturated rings. The van der Waals surface area contributed by atoms with Crippen molar-refractivity contribution in [2.24, 2.45) is 5.10 Å². The van der Waals surface area contributed by atoms with E-state index in [0.29, 0.717) is 17.0 Å². The van der Waals surface area contributed by atoms with Crippen LogP contribution in [0.4, 0.5) is 5.69 Å². The van der Waals surface area contributed by atoms with Crippen molar-refractivity contribution in [1.82, 2.24) is 25.9 Å². The van der Waals surface area contributed by atoms with Gasteiger partial charge in [0.15, 0.2) is 5.84 Å². The summed E-state index contributed by atoms with van der Waals surface area (Å²) in [6.07, 6.45) is 1.80. The Bertz CT molecular complexity index is 1100. The Balaban J connectivity index is 1.58. The Morgan fingerprint density at radius 3 is 2.54 bits per heavy atom. The number of rotatable bonds is 5. The van der Waals surface area contributed by atoms with Gasteiger partial charge in [-0.3, -0.25) is 20.2 Å². The molecule has 3 N–H and O–H groups in total. The zero-order valence-corrected chi connectivity index (χ0v) is 15.7. The molecule has 0 unspecified atom stereocenters. The summed E-state index contributed by atoms with van der Waals surface area (Å²) in [7, 11) is 0. The number of amidine groups is 1. The normalized spacial score (nSPS) is 13.3. The van der Waals surface area contributed by atoms with Crippen LogP contribution in [0.3, 0.4) is 0 Å². The van der Waals surface area contributed by atoms with Gasteiger partial charge in [-0.25, -0.2) is 10.2 Å². The highest BCUT2D eigenvalue weighted by molar-refractivity contribution is 7.71. The van der Waals surface area contributed by atoms with Crippen LogP contribution in [-0.4, -0.2) is 25.5 Å². The van der Waals surface area contributed by atoms with Gasteiger partial charge in [-0.15, -0.1) is 10.6 Å². The van der Waals surface area contributed by atoms with E-state index in [4.69, 9.17) is 12.2 Å². The number of hydrazine groups is 2. The van der Waals surface area contributed by atoms with E-state index in [2.05, 4.69) is 21.3 Å². The van der Waals surface area contributed by atoms with E-state index in [9.17, 15) is 10.1 Å². The standard InChI is InChI=1S/C18H17N7O2S/c1-12-2-6-14(7-3-12)24-18(28)16(10-19-24)17-20-21-22-23(17)11-13-4-8-15(9-5-13)25(26)27/h2-10,19,21-22H,11H2,1H3. The number of nitro groups is 1. The molecule has 3 aromatic rings. The second-order valence-corrected chi connectivity index (χ2v) is 6.72. The molecule has 0 saturated heterocycles. The molecule has 28 heavy (non-hydrogen) atoms. The lowest BCUT2D eigenvalue weighted by molar-refractivity contribution is -0.384. The Hall–Kier alpha value is -3.50. The summed E-state index contributed by atoms with van der Waals surface area (Å²) in [6.45, 7) is 2.48. The Morgan fingerprint density at radius 2 is 1.86 bits per heavy atom. The monoisotopic (exact) mass is 395 g/mol. The molecule has 0 radical (unpaired) electrons. The molecule has 1 aliphatic heterocycles. The molecule has 0 aliphatic carbocycles. The van der Waals surface area contributed by atoms with Gasteiger partial charge in [0.25, 0.3) is 5.69 Å². The first kappa shape index (κ1) is 17.9. The highest BCUT2D eigenvalue weighted by Crippen LogP contribution is 2.18. The maximum Gasteiger partial charge on any atom is 0.269 e. The zero-order chi connectivity index (χ0) is 19.7. The average Bonchev–Trinajstić information content (AvgIpc) is 3.29. The van der Waals surface area contributed by atoms with Gasteiger partial charge in [-0.1, -0.05) is 42.0 Å². The molecule has 0 saturated carbocycles. The first-order valence-electron chi connectivity index (χ1n) is 8.50. The minimum Gasteiger partial charge on any atom is -0.299 e. The van der Waals surface area contributed by atoms with E-state index in [1.165, 1.54) is 17.7 Å². The largest absolute Gasteiger partial charge is 0.299 e. The second kappa shape index (κ2) is 7.25. The quantitative estimate of drug-likeness (QED) is 0.349. The van der Waals surface area contributed by atoms with Gasteiger partial charge in [0.05, 0.1) is 22.7 Å². The van der Waals surface area contributed by atoms with Crippen LogP contribution in [-0.2, 0) is 6.54 Å². The van der Waals surface area contributed by atoms with E-state index >= 15 is 0 Å². The highest BCUT2D eigenvalue weighted by Gasteiger charge is 2.22. The molecule has 1 aliphatic rings. The molecule has 0 atom stereocenters. The molecular formula is C18H17N7O2S. The molecule has 2 aromatic carbocycles. The Morgan fingerprint density at radius 1 is 1.14 bits per heavy atom. The number of aromatic nitrogens is 2. The summed E-state index contributed by atoms with van der Waals surface area (Å²) in [4.78, 5) is 10.4. The van der Waals surface area contributed by atoms with Crippen LogP contribution >= 0.6 is 12.2 Å². The van der Waals surface area contributed by atoms with Crippen molar-refractivity contribution in [1.29, 1.82) is 0 Å². The highest BCUT2D eigenvalue weighted by atomic mass is 32.1. The van der Waals surface area contributed by atoms with E-state index in [1.807, 2.05) is 35.9 Å². The number of hydrogen-bond acceptors (Lipinski definition) is 7. The molecule has 142 valence electrons. The van der Waals surface area contributed by atoms with E-state index in [-0.39, 0.29) is 5.69 Å². The number of benzene rings is 2. The number of H-pyrrole nitrogens is 1. The number of aromatic amines is 1. The number of hydrogen-bond donors (Lipinski definition) is 3. The predicted octanol–water partition coefficient (Wildman–Crippen LogP) is 2.94. The van der Waals surface area contributed by atoms with Crippen LogP contribution in [0.25, 0.3) is 5.69 Å². The molecule has 10 heteroatoms. The van der Waals surface area contributed by atoms with Gasteiger partial charge in [-0.2, -0.15) is 0 Å². The number of nitrogens with zero attached hydrogens (tertiary/aromatic N) is 4. The Kier molecular flexibility index (Phi) is 4.63. The third-order valence-corrected chi connectivity index (χ3v) is 4.80. The second-order valence-electron chi connectivity index (χ2n) is 6.33. The molecule has 2 heterocycles. The van der Waals surface area contributed by atoms with Crippen LogP contribution in [0.2, 0.25) is 0 Å². The maximum atomic E-state index is 10.8. The van der Waals surface area contributed by atoms with Crippen molar-refractivity contribution < 1.29 is 4.92 Å². The fourth-order valence-electron chi connectivity index (χ4n) is 2.89. The SMILES string of the molecule is Cc1ccc(-n2[nH]cc(C3=NNNN3Cc3ccc([N+](=O)[O-])cc3)c2=S)cc1. The average molecular weight is 395 g/mol. The topological polar surface area (TPSA) is 104 Å². The summed E-state index contributed by atoms with van der Waals surface area (Å²) in [6, 6.07) is 14.4. The fraction of sp³-hybridized carbons (Fsp3) is 0.111. The summed E-state index contributed by atoms with van der Waals surface area (Å²) in [5.41, 5.74) is 9.50. The van der Waals surface area contributed by atoms with Crippen molar-refractivity contribution in [2.75, 3.05) is 0 Å². The molecule has 9 nitrogen and oxygen atoms in total. The third kappa shape index (κ3) is 3.38. The summed E-state index contributed by atoms with van der Waals surface area (Å²) in [5, 5.41) is 20.0. The van der Waals surface area contributed by atoms with Crippen molar-refractivity contribution in [2.45, 2.75) is 13.5 Å². The van der Waals surface area contributed by atoms with Crippen molar-refractivity contribution in [3.63, 3.8) is 0 Å². The maximum absolute atomic E-state index is 10.8. The first-order chi connectivity index (χ1) is 13.5. The lowest BCUT2D eigenvalue weighted by Gasteiger charge is -2.18. The summed E-state index contributed by atoms with van der Waals surface area (Å²) < 4.78 is 2.41. The minimum absolute atomic E-state index is 0.0581. The number of nitro benzene ring substituents is 1.